The van der Waals surface area contributed by atoms with Crippen molar-refractivity contribution in [3.63, 3.8) is 0 Å². The van der Waals surface area contributed by atoms with Crippen molar-refractivity contribution >= 4 is 19.7 Å². The van der Waals surface area contributed by atoms with Gasteiger partial charge in [-0.3, -0.25) is 10.3 Å². The highest BCUT2D eigenvalue weighted by atomic mass is 32.4. The molecule has 2 heteroatoms. The Labute approximate surface area is 52.1 Å². The summed E-state index contributed by atoms with van der Waals surface area (Å²) in [4.78, 5) is 0. The first-order valence-electron chi connectivity index (χ1n) is 2.92. The molecule has 0 aliphatic carbocycles. The Hall–Kier alpha value is 0.567. The van der Waals surface area contributed by atoms with Crippen molar-refractivity contribution in [2.45, 2.75) is 19.8 Å². The molecule has 0 N–H and O–H groups in total. The van der Waals surface area contributed by atoms with Gasteiger partial charge in [0.05, 0.1) is 0 Å². The van der Waals surface area contributed by atoms with E-state index < -0.39 is 0 Å². The third-order valence-corrected chi connectivity index (χ3v) is 3.51. The largest absolute Gasteiger partial charge is 0.277 e. The lowest BCUT2D eigenvalue weighted by molar-refractivity contribution is 0.896. The lowest BCUT2D eigenvalue weighted by atomic mass is 10.4. The summed E-state index contributed by atoms with van der Waals surface area (Å²) in [5, 5.41) is 0. The van der Waals surface area contributed by atoms with Crippen molar-refractivity contribution in [2.24, 2.45) is 0 Å². The summed E-state index contributed by atoms with van der Waals surface area (Å²) >= 11 is 0. The van der Waals surface area contributed by atoms with Crippen LogP contribution in [0.3, 0.4) is 0 Å². The number of hydrogen-bond donors (Lipinski definition) is 1. The highest BCUT2D eigenvalue weighted by Crippen LogP contribution is 2.12. The summed E-state index contributed by atoms with van der Waals surface area (Å²) in [6, 6.07) is 0. The molecule has 46 valence electrons. The van der Waals surface area contributed by atoms with Gasteiger partial charge in [-0.1, -0.05) is 13.3 Å². The van der Waals surface area contributed by atoms with Crippen LogP contribution in [-0.4, -0.2) is 21.4 Å². The van der Waals surface area contributed by atoms with Crippen LogP contribution in [0.4, 0.5) is 0 Å². The van der Waals surface area contributed by atoms with Crippen LogP contribution in [0, 0.1) is 0 Å². The second-order valence-electron chi connectivity index (χ2n) is 2.16. The van der Waals surface area contributed by atoms with Crippen molar-refractivity contribution in [1.29, 1.82) is 0 Å². The molecule has 0 amide bonds. The maximum atomic E-state index is 2.40. The molecule has 1 unspecified atom stereocenters. The van der Waals surface area contributed by atoms with E-state index >= 15 is 0 Å². The van der Waals surface area contributed by atoms with Crippen molar-refractivity contribution in [2.75, 3.05) is 12.0 Å². The van der Waals surface area contributed by atoms with Gasteiger partial charge in [-0.05, 0) is 18.4 Å². The normalized spacial score (nSPS) is 17.1. The van der Waals surface area contributed by atoms with E-state index in [0.29, 0.717) is 10.3 Å². The molecule has 0 aromatic rings. The van der Waals surface area contributed by atoms with Crippen LogP contribution >= 0.6 is 10.3 Å². The quantitative estimate of drug-likeness (QED) is 0.428. The number of hydrogen-bond acceptors (Lipinski definition) is 0. The number of thiol groups is 1. The zero-order valence-electron chi connectivity index (χ0n) is 5.57. The third kappa shape index (κ3) is 6.57. The van der Waals surface area contributed by atoms with Gasteiger partial charge in [-0.15, -0.1) is 0 Å². The Morgan fingerprint density at radius 3 is 2.29 bits per heavy atom. The fraction of sp³-hybridized carbons (Fsp3) is 1.00. The van der Waals surface area contributed by atoms with Gasteiger partial charge in [0.25, 0.3) is 0 Å². The zero-order chi connectivity index (χ0) is 5.70. The molecular formula is C5H16SSi. The molecule has 1 atom stereocenters. The van der Waals surface area contributed by atoms with Crippen molar-refractivity contribution in [1.82, 2.24) is 0 Å². The Balaban J connectivity index is 2.68. The molecule has 0 saturated carbocycles. The first kappa shape index (κ1) is 7.57. The van der Waals surface area contributed by atoms with Crippen LogP contribution in [-0.2, 0) is 0 Å². The Morgan fingerprint density at radius 1 is 1.57 bits per heavy atom. The molecule has 0 bridgehead atoms. The molecule has 0 spiro atoms. The average Bonchev–Trinajstić information content (AvgIpc) is 1.61. The van der Waals surface area contributed by atoms with E-state index in [1.165, 1.54) is 28.0 Å². The van der Waals surface area contributed by atoms with Gasteiger partial charge in [0.1, 0.15) is 0 Å². The molecule has 0 aromatic heterocycles. The van der Waals surface area contributed by atoms with Gasteiger partial charge in [0, 0.05) is 9.39 Å². The predicted octanol–water partition coefficient (Wildman–Crippen LogP) is 0.698. The third-order valence-electron chi connectivity index (χ3n) is 0.959. The number of unbranched alkanes of at least 4 members (excludes halogenated alkanes) is 1. The summed E-state index contributed by atoms with van der Waals surface area (Å²) in [5.41, 5.74) is 0. The SMILES string of the molecule is CCCC[SH](C)[SiH3]. The highest BCUT2D eigenvalue weighted by Gasteiger charge is 1.83. The molecule has 0 rings (SSSR count). The molecule has 0 radical (unpaired) electrons. The topological polar surface area (TPSA) is 0 Å². The standard InChI is InChI=1S/C5H16SSi/c1-3-4-5-6(2)7/h6H,3-5H2,1-2,7H3. The van der Waals surface area contributed by atoms with E-state index in [0.717, 1.165) is 0 Å². The van der Waals surface area contributed by atoms with Crippen molar-refractivity contribution < 1.29 is 0 Å². The smallest absolute Gasteiger partial charge is 0.0455 e. The van der Waals surface area contributed by atoms with Crippen LogP contribution in [0.5, 0.6) is 0 Å². The van der Waals surface area contributed by atoms with Crippen LogP contribution in [0.2, 0.25) is 0 Å². The molecule has 0 aliphatic rings. The first-order chi connectivity index (χ1) is 3.27. The van der Waals surface area contributed by atoms with E-state index in [-0.39, 0.29) is 0 Å². The molecule has 0 heterocycles. The van der Waals surface area contributed by atoms with Crippen molar-refractivity contribution in [3.8, 4) is 0 Å². The fourth-order valence-corrected chi connectivity index (χ4v) is 2.37. The molecule has 0 aliphatic heterocycles. The molecule has 0 aromatic carbocycles. The van der Waals surface area contributed by atoms with E-state index in [9.17, 15) is 0 Å². The minimum Gasteiger partial charge on any atom is -0.277 e. The summed E-state index contributed by atoms with van der Waals surface area (Å²) in [6.45, 7) is 2.26. The average molecular weight is 136 g/mol. The second-order valence-corrected chi connectivity index (χ2v) is 9.34. The Kier molecular flexibility index (Phi) is 5.10. The summed E-state index contributed by atoms with van der Waals surface area (Å²) in [6.07, 6.45) is 5.25. The van der Waals surface area contributed by atoms with Crippen molar-refractivity contribution in [3.05, 3.63) is 0 Å². The lowest BCUT2D eigenvalue weighted by Gasteiger charge is -2.05. The van der Waals surface area contributed by atoms with E-state index in [1.807, 2.05) is 0 Å². The predicted molar refractivity (Wildman–Crippen MR) is 44.6 cm³/mol. The minimum atomic E-state index is 0.533. The Bertz CT molecular complexity index is 37.1. The molecule has 0 fully saturated rings. The van der Waals surface area contributed by atoms with Crippen LogP contribution in [0.25, 0.3) is 0 Å². The minimum absolute atomic E-state index is 0.533. The van der Waals surface area contributed by atoms with Crippen LogP contribution in [0.15, 0.2) is 0 Å². The monoisotopic (exact) mass is 136 g/mol. The zero-order valence-corrected chi connectivity index (χ0v) is 8.46. The van der Waals surface area contributed by atoms with Gasteiger partial charge in [-0.25, -0.2) is 0 Å². The summed E-state index contributed by atoms with van der Waals surface area (Å²) in [5.74, 6) is 1.53. The molecule has 7 heavy (non-hydrogen) atoms. The molecule has 0 saturated heterocycles. The van der Waals surface area contributed by atoms with Gasteiger partial charge < -0.3 is 0 Å². The maximum absolute atomic E-state index is 2.40. The Morgan fingerprint density at radius 2 is 2.14 bits per heavy atom. The second kappa shape index (κ2) is 4.72. The summed E-state index contributed by atoms with van der Waals surface area (Å²) < 4.78 is 0. The van der Waals surface area contributed by atoms with Gasteiger partial charge in [0.2, 0.25) is 0 Å². The van der Waals surface area contributed by atoms with E-state index in [1.54, 1.807) is 0 Å². The van der Waals surface area contributed by atoms with Gasteiger partial charge >= 0.3 is 0 Å². The van der Waals surface area contributed by atoms with Gasteiger partial charge in [0.15, 0.2) is 0 Å². The fourth-order valence-electron chi connectivity index (χ4n) is 0.474. The van der Waals surface area contributed by atoms with Crippen LogP contribution in [0.1, 0.15) is 19.8 Å². The van der Waals surface area contributed by atoms with E-state index in [4.69, 9.17) is 0 Å². The molecular weight excluding hydrogens is 120 g/mol. The van der Waals surface area contributed by atoms with Crippen LogP contribution < -0.4 is 0 Å². The molecule has 0 nitrogen and oxygen atoms in total. The number of rotatable bonds is 3. The maximum Gasteiger partial charge on any atom is 0.0455 e. The lowest BCUT2D eigenvalue weighted by Crippen LogP contribution is -1.83. The van der Waals surface area contributed by atoms with E-state index in [2.05, 4.69) is 13.2 Å². The summed E-state index contributed by atoms with van der Waals surface area (Å²) in [7, 11) is 1.98. The first-order valence-corrected chi connectivity index (χ1v) is 8.02. The van der Waals surface area contributed by atoms with Gasteiger partial charge in [-0.2, -0.15) is 0 Å². The highest BCUT2D eigenvalue weighted by molar-refractivity contribution is 8.34.